The number of aliphatic hydroxyl groups is 1. The third-order valence-electron chi connectivity index (χ3n) is 1.93. The van der Waals surface area contributed by atoms with E-state index in [0.29, 0.717) is 11.6 Å². The Kier molecular flexibility index (Phi) is 5.18. The maximum atomic E-state index is 9.01. The van der Waals surface area contributed by atoms with Crippen LogP contribution in [0.5, 0.6) is 0 Å². The van der Waals surface area contributed by atoms with E-state index >= 15 is 0 Å². The summed E-state index contributed by atoms with van der Waals surface area (Å²) in [6, 6.07) is 0. The lowest BCUT2D eigenvalue weighted by Crippen LogP contribution is -2.44. The molecule has 0 radical (unpaired) electrons. The van der Waals surface area contributed by atoms with E-state index in [-0.39, 0.29) is 12.1 Å². The SMILES string of the molecule is CN(CC(Cl)=CCl)C(C)(C)CO. The summed E-state index contributed by atoms with van der Waals surface area (Å²) in [5.74, 6) is 0. The first-order chi connectivity index (χ1) is 5.44. The highest BCUT2D eigenvalue weighted by atomic mass is 35.5. The van der Waals surface area contributed by atoms with Gasteiger partial charge >= 0.3 is 0 Å². The lowest BCUT2D eigenvalue weighted by atomic mass is 10.1. The summed E-state index contributed by atoms with van der Waals surface area (Å²) < 4.78 is 0. The van der Waals surface area contributed by atoms with Crippen molar-refractivity contribution in [2.45, 2.75) is 19.4 Å². The van der Waals surface area contributed by atoms with Crippen LogP contribution in [0.15, 0.2) is 10.6 Å². The number of hydrogen-bond acceptors (Lipinski definition) is 2. The van der Waals surface area contributed by atoms with Crippen LogP contribution in [0.3, 0.4) is 0 Å². The largest absolute Gasteiger partial charge is 0.394 e. The van der Waals surface area contributed by atoms with Crippen molar-refractivity contribution in [1.29, 1.82) is 0 Å². The van der Waals surface area contributed by atoms with Crippen LogP contribution in [-0.2, 0) is 0 Å². The van der Waals surface area contributed by atoms with E-state index in [1.165, 1.54) is 5.54 Å². The molecule has 72 valence electrons. The molecule has 1 N–H and O–H groups in total. The topological polar surface area (TPSA) is 23.5 Å². The number of likely N-dealkylation sites (N-methyl/N-ethyl adjacent to an activating group) is 1. The zero-order valence-corrected chi connectivity index (χ0v) is 9.15. The van der Waals surface area contributed by atoms with Crippen molar-refractivity contribution in [2.24, 2.45) is 0 Å². The molecule has 0 aliphatic rings. The molecular weight excluding hydrogens is 197 g/mol. The van der Waals surface area contributed by atoms with E-state index in [0.717, 1.165) is 0 Å². The van der Waals surface area contributed by atoms with Crippen molar-refractivity contribution < 1.29 is 5.11 Å². The minimum Gasteiger partial charge on any atom is -0.394 e. The molecule has 0 saturated carbocycles. The summed E-state index contributed by atoms with van der Waals surface area (Å²) in [5.41, 5.74) is 1.07. The van der Waals surface area contributed by atoms with Crippen molar-refractivity contribution >= 4 is 23.2 Å². The number of aliphatic hydroxyl groups excluding tert-OH is 1. The molecule has 0 heterocycles. The van der Waals surface area contributed by atoms with Gasteiger partial charge in [0.05, 0.1) is 6.61 Å². The number of halogens is 2. The molecule has 0 saturated heterocycles. The van der Waals surface area contributed by atoms with Gasteiger partial charge in [-0.1, -0.05) is 23.2 Å². The molecule has 0 unspecified atom stereocenters. The van der Waals surface area contributed by atoms with Gasteiger partial charge in [0.25, 0.3) is 0 Å². The minimum absolute atomic E-state index is 0.0932. The predicted octanol–water partition coefficient (Wildman–Crippen LogP) is 2.01. The zero-order valence-electron chi connectivity index (χ0n) is 7.64. The Hall–Kier alpha value is 0.240. The first-order valence-electron chi connectivity index (χ1n) is 3.71. The van der Waals surface area contributed by atoms with Crippen LogP contribution < -0.4 is 0 Å². The highest BCUT2D eigenvalue weighted by molar-refractivity contribution is 6.36. The monoisotopic (exact) mass is 211 g/mol. The Morgan fingerprint density at radius 1 is 1.58 bits per heavy atom. The molecule has 0 fully saturated rings. The van der Waals surface area contributed by atoms with Crippen molar-refractivity contribution in [2.75, 3.05) is 20.2 Å². The van der Waals surface area contributed by atoms with Crippen molar-refractivity contribution in [1.82, 2.24) is 4.90 Å². The molecule has 0 aromatic rings. The predicted molar refractivity (Wildman–Crippen MR) is 53.6 cm³/mol. The van der Waals surface area contributed by atoms with Crippen molar-refractivity contribution in [3.8, 4) is 0 Å². The average molecular weight is 212 g/mol. The summed E-state index contributed by atoms with van der Waals surface area (Å²) in [6.45, 7) is 4.52. The van der Waals surface area contributed by atoms with Gasteiger partial charge in [-0.2, -0.15) is 0 Å². The molecule has 0 bridgehead atoms. The van der Waals surface area contributed by atoms with Crippen LogP contribution in [0, 0.1) is 0 Å². The van der Waals surface area contributed by atoms with Gasteiger partial charge in [-0.15, -0.1) is 0 Å². The quantitative estimate of drug-likeness (QED) is 0.770. The maximum absolute atomic E-state index is 9.01. The standard InChI is InChI=1S/C8H15Cl2NO/c1-8(2,6-12)11(3)5-7(10)4-9/h4,12H,5-6H2,1-3H3. The Morgan fingerprint density at radius 3 is 2.42 bits per heavy atom. The van der Waals surface area contributed by atoms with Gasteiger partial charge < -0.3 is 5.11 Å². The molecule has 0 aromatic heterocycles. The Balaban J connectivity index is 4.12. The van der Waals surface area contributed by atoms with E-state index in [2.05, 4.69) is 0 Å². The van der Waals surface area contributed by atoms with Gasteiger partial charge in [0, 0.05) is 22.7 Å². The summed E-state index contributed by atoms with van der Waals surface area (Å²) >= 11 is 11.1. The fraction of sp³-hybridized carbons (Fsp3) is 0.750. The fourth-order valence-electron chi connectivity index (χ4n) is 0.596. The molecule has 12 heavy (non-hydrogen) atoms. The Bertz CT molecular complexity index is 168. The lowest BCUT2D eigenvalue weighted by Gasteiger charge is -2.33. The van der Waals surface area contributed by atoms with E-state index in [1.807, 2.05) is 25.8 Å². The van der Waals surface area contributed by atoms with Crippen LogP contribution in [0.2, 0.25) is 0 Å². The number of hydrogen-bond donors (Lipinski definition) is 1. The molecule has 0 rings (SSSR count). The second-order valence-electron chi connectivity index (χ2n) is 3.38. The maximum Gasteiger partial charge on any atom is 0.0610 e. The highest BCUT2D eigenvalue weighted by Crippen LogP contribution is 2.14. The average Bonchev–Trinajstić information content (AvgIpc) is 2.04. The molecule has 2 nitrogen and oxygen atoms in total. The molecule has 0 atom stereocenters. The molecule has 0 aliphatic carbocycles. The second kappa shape index (κ2) is 5.07. The molecule has 0 spiro atoms. The number of nitrogens with zero attached hydrogens (tertiary/aromatic N) is 1. The third kappa shape index (κ3) is 3.76. The summed E-state index contributed by atoms with van der Waals surface area (Å²) in [5, 5.41) is 9.58. The summed E-state index contributed by atoms with van der Waals surface area (Å²) in [6.07, 6.45) is 0. The van der Waals surface area contributed by atoms with Crippen LogP contribution in [0.4, 0.5) is 0 Å². The Morgan fingerprint density at radius 2 is 2.08 bits per heavy atom. The molecule has 0 aromatic carbocycles. The highest BCUT2D eigenvalue weighted by Gasteiger charge is 2.22. The van der Waals surface area contributed by atoms with Gasteiger partial charge in [0.15, 0.2) is 0 Å². The van der Waals surface area contributed by atoms with Gasteiger partial charge in [-0.3, -0.25) is 4.90 Å². The third-order valence-corrected chi connectivity index (χ3v) is 2.53. The lowest BCUT2D eigenvalue weighted by molar-refractivity contribution is 0.0879. The fourth-order valence-corrected chi connectivity index (χ4v) is 0.844. The Labute approximate surface area is 83.8 Å². The van der Waals surface area contributed by atoms with Crippen molar-refractivity contribution in [3.05, 3.63) is 10.6 Å². The zero-order chi connectivity index (χ0) is 9.78. The van der Waals surface area contributed by atoms with Gasteiger partial charge in [0.1, 0.15) is 0 Å². The van der Waals surface area contributed by atoms with Crippen LogP contribution in [0.25, 0.3) is 0 Å². The minimum atomic E-state index is -0.264. The van der Waals surface area contributed by atoms with E-state index in [9.17, 15) is 0 Å². The van der Waals surface area contributed by atoms with Crippen LogP contribution in [0.1, 0.15) is 13.8 Å². The first kappa shape index (κ1) is 12.2. The van der Waals surface area contributed by atoms with Crippen molar-refractivity contribution in [3.63, 3.8) is 0 Å². The van der Waals surface area contributed by atoms with Crippen LogP contribution in [-0.4, -0.2) is 35.7 Å². The van der Waals surface area contributed by atoms with E-state index in [4.69, 9.17) is 28.3 Å². The molecular formula is C8H15Cl2NO. The summed E-state index contributed by atoms with van der Waals surface area (Å²) in [4.78, 5) is 1.94. The van der Waals surface area contributed by atoms with E-state index in [1.54, 1.807) is 0 Å². The molecule has 0 aliphatic heterocycles. The first-order valence-corrected chi connectivity index (χ1v) is 4.52. The molecule has 4 heteroatoms. The normalized spacial score (nSPS) is 14.1. The van der Waals surface area contributed by atoms with E-state index < -0.39 is 0 Å². The van der Waals surface area contributed by atoms with Gasteiger partial charge in [-0.25, -0.2) is 0 Å². The summed E-state index contributed by atoms with van der Waals surface area (Å²) in [7, 11) is 1.89. The second-order valence-corrected chi connectivity index (χ2v) is 4.09. The number of rotatable bonds is 4. The van der Waals surface area contributed by atoms with Gasteiger partial charge in [-0.05, 0) is 20.9 Å². The van der Waals surface area contributed by atoms with Crippen LogP contribution >= 0.6 is 23.2 Å². The van der Waals surface area contributed by atoms with Gasteiger partial charge in [0.2, 0.25) is 0 Å². The smallest absolute Gasteiger partial charge is 0.0610 e. The molecule has 0 amide bonds.